The van der Waals surface area contributed by atoms with E-state index in [1.165, 1.54) is 28.0 Å². The minimum absolute atomic E-state index is 0.0265. The number of rotatable bonds is 9. The van der Waals surface area contributed by atoms with Gasteiger partial charge in [0.05, 0.1) is 17.7 Å². The third kappa shape index (κ3) is 8.24. The standard InChI is InChI=1S/C30H33F7N4O4/c1-38(2)11-6-5-9-24-27(43)39(16-20-7-3-4-8-23(20)31)17-25-40(12-10-26(42)41(24)25)28(44)45-18-19-13-21(29(32,33)34)15-22(14-19)30(35,36)37/h3-4,7-8,13-15,24-25H,5-6,9-12,16-18H2,1-2H3/t24-,25?/m0/s1. The highest BCUT2D eigenvalue weighted by atomic mass is 19.4. The summed E-state index contributed by atoms with van der Waals surface area (Å²) in [6.07, 6.45) is -10.9. The Bertz CT molecular complexity index is 1370. The van der Waals surface area contributed by atoms with Gasteiger partial charge in [0, 0.05) is 25.1 Å². The van der Waals surface area contributed by atoms with Crippen molar-refractivity contribution in [3.8, 4) is 0 Å². The van der Waals surface area contributed by atoms with Crippen molar-refractivity contribution in [3.05, 3.63) is 70.5 Å². The average Bonchev–Trinajstić information content (AvgIpc) is 2.95. The van der Waals surface area contributed by atoms with Gasteiger partial charge in [-0.05, 0) is 69.7 Å². The average molecular weight is 647 g/mol. The molecule has 2 aliphatic rings. The van der Waals surface area contributed by atoms with Gasteiger partial charge in [-0.25, -0.2) is 9.18 Å². The number of hydrogen-bond donors (Lipinski definition) is 0. The SMILES string of the molecule is CN(C)CCCC[C@H]1C(=O)N(Cc2ccccc2F)CC2N(C(=O)OCc3cc(C(F)(F)F)cc(C(F)(F)F)c3)CCC(=O)N21. The smallest absolute Gasteiger partial charge is 0.416 e. The molecule has 0 radical (unpaired) electrons. The molecular weight excluding hydrogens is 613 g/mol. The number of alkyl halides is 6. The van der Waals surface area contributed by atoms with Crippen LogP contribution < -0.4 is 0 Å². The Labute approximate surface area is 255 Å². The summed E-state index contributed by atoms with van der Waals surface area (Å²) in [7, 11) is 3.78. The van der Waals surface area contributed by atoms with Crippen molar-refractivity contribution < 1.29 is 49.9 Å². The zero-order chi connectivity index (χ0) is 33.1. The maximum absolute atomic E-state index is 14.5. The molecule has 2 heterocycles. The maximum atomic E-state index is 14.5. The molecule has 0 bridgehead atoms. The van der Waals surface area contributed by atoms with E-state index in [0.717, 1.165) is 11.4 Å². The van der Waals surface area contributed by atoms with Gasteiger partial charge in [-0.15, -0.1) is 0 Å². The first-order valence-corrected chi connectivity index (χ1v) is 14.3. The summed E-state index contributed by atoms with van der Waals surface area (Å²) in [6, 6.07) is 5.76. The molecule has 1 unspecified atom stereocenters. The van der Waals surface area contributed by atoms with E-state index in [1.807, 2.05) is 19.0 Å². The quantitative estimate of drug-likeness (QED) is 0.266. The van der Waals surface area contributed by atoms with Gasteiger partial charge in [-0.3, -0.25) is 14.5 Å². The molecule has 45 heavy (non-hydrogen) atoms. The third-order valence-electron chi connectivity index (χ3n) is 7.75. The highest BCUT2D eigenvalue weighted by Crippen LogP contribution is 2.37. The number of unbranched alkanes of at least 4 members (excludes halogenated alkanes) is 1. The van der Waals surface area contributed by atoms with Crippen LogP contribution in [0.1, 0.15) is 47.9 Å². The van der Waals surface area contributed by atoms with Crippen LogP contribution in [0, 0.1) is 5.82 Å². The van der Waals surface area contributed by atoms with Crippen molar-refractivity contribution in [2.24, 2.45) is 0 Å². The van der Waals surface area contributed by atoms with Crippen molar-refractivity contribution in [1.29, 1.82) is 0 Å². The number of amides is 3. The zero-order valence-corrected chi connectivity index (χ0v) is 24.6. The van der Waals surface area contributed by atoms with Crippen LogP contribution in [0.25, 0.3) is 0 Å². The lowest BCUT2D eigenvalue weighted by atomic mass is 9.98. The summed E-state index contributed by atoms with van der Waals surface area (Å²) in [5.74, 6) is -1.37. The van der Waals surface area contributed by atoms with Crippen molar-refractivity contribution in [3.63, 3.8) is 0 Å². The second-order valence-electron chi connectivity index (χ2n) is 11.3. The fourth-order valence-corrected chi connectivity index (χ4v) is 5.54. The largest absolute Gasteiger partial charge is 0.444 e. The van der Waals surface area contributed by atoms with Gasteiger partial charge in [0.15, 0.2) is 0 Å². The number of carbonyl (C=O) groups excluding carboxylic acids is 3. The van der Waals surface area contributed by atoms with E-state index < -0.39 is 71.6 Å². The molecule has 2 fully saturated rings. The Hall–Kier alpha value is -3.88. The van der Waals surface area contributed by atoms with E-state index in [9.17, 15) is 45.1 Å². The maximum Gasteiger partial charge on any atom is 0.416 e. The molecular formula is C30H33F7N4O4. The van der Waals surface area contributed by atoms with E-state index in [4.69, 9.17) is 4.74 Å². The van der Waals surface area contributed by atoms with Gasteiger partial charge in [0.2, 0.25) is 11.8 Å². The minimum Gasteiger partial charge on any atom is -0.444 e. The summed E-state index contributed by atoms with van der Waals surface area (Å²) >= 11 is 0. The summed E-state index contributed by atoms with van der Waals surface area (Å²) in [6.45, 7) is -0.698. The van der Waals surface area contributed by atoms with Crippen LogP contribution in [0.5, 0.6) is 0 Å². The molecule has 0 N–H and O–H groups in total. The number of ether oxygens (including phenoxy) is 1. The normalized spacial score (nSPS) is 19.3. The molecule has 4 rings (SSSR count). The molecule has 0 saturated carbocycles. The van der Waals surface area contributed by atoms with Gasteiger partial charge >= 0.3 is 18.4 Å². The summed E-state index contributed by atoms with van der Waals surface area (Å²) in [5.41, 5.74) is -3.42. The van der Waals surface area contributed by atoms with Crippen molar-refractivity contribution in [2.45, 2.75) is 63.4 Å². The number of fused-ring (bicyclic) bond motifs is 1. The first-order valence-electron chi connectivity index (χ1n) is 14.3. The molecule has 0 aromatic heterocycles. The van der Waals surface area contributed by atoms with Crippen molar-refractivity contribution >= 4 is 17.9 Å². The van der Waals surface area contributed by atoms with Crippen LogP contribution in [-0.2, 0) is 39.8 Å². The topological polar surface area (TPSA) is 73.4 Å². The minimum atomic E-state index is -5.08. The number of nitrogens with zero attached hydrogens (tertiary/aromatic N) is 4. The van der Waals surface area contributed by atoms with Gasteiger partial charge in [0.25, 0.3) is 0 Å². The predicted octanol–water partition coefficient (Wildman–Crippen LogP) is 5.50. The number of piperazine rings is 1. The predicted molar refractivity (Wildman–Crippen MR) is 147 cm³/mol. The first kappa shape index (κ1) is 34.0. The molecule has 15 heteroatoms. The fraction of sp³-hybridized carbons (Fsp3) is 0.500. The second-order valence-corrected chi connectivity index (χ2v) is 11.3. The molecule has 2 aromatic carbocycles. The van der Waals surface area contributed by atoms with E-state index in [0.29, 0.717) is 25.0 Å². The number of carbonyl (C=O) groups is 3. The number of halogens is 7. The Morgan fingerprint density at radius 3 is 2.22 bits per heavy atom. The second kappa shape index (κ2) is 13.6. The van der Waals surface area contributed by atoms with Crippen molar-refractivity contribution in [2.75, 3.05) is 33.7 Å². The van der Waals surface area contributed by atoms with Crippen LogP contribution in [0.3, 0.4) is 0 Å². The monoisotopic (exact) mass is 646 g/mol. The number of benzene rings is 2. The van der Waals surface area contributed by atoms with Crippen LogP contribution in [0.15, 0.2) is 42.5 Å². The van der Waals surface area contributed by atoms with E-state index >= 15 is 0 Å². The van der Waals surface area contributed by atoms with Crippen molar-refractivity contribution in [1.82, 2.24) is 19.6 Å². The van der Waals surface area contributed by atoms with Gasteiger partial charge in [0.1, 0.15) is 24.6 Å². The Morgan fingerprint density at radius 1 is 0.978 bits per heavy atom. The third-order valence-corrected chi connectivity index (χ3v) is 7.75. The van der Waals surface area contributed by atoms with Gasteiger partial charge in [-0.2, -0.15) is 26.3 Å². The molecule has 2 saturated heterocycles. The highest BCUT2D eigenvalue weighted by Gasteiger charge is 2.49. The molecule has 0 aliphatic carbocycles. The molecule has 0 spiro atoms. The lowest BCUT2D eigenvalue weighted by Gasteiger charge is -2.52. The molecule has 3 amide bonds. The highest BCUT2D eigenvalue weighted by molar-refractivity contribution is 5.90. The Morgan fingerprint density at radius 2 is 1.62 bits per heavy atom. The fourth-order valence-electron chi connectivity index (χ4n) is 5.54. The van der Waals surface area contributed by atoms with Gasteiger partial charge in [-0.1, -0.05) is 18.2 Å². The molecule has 246 valence electrons. The van der Waals surface area contributed by atoms with Crippen LogP contribution in [0.4, 0.5) is 35.5 Å². The first-order chi connectivity index (χ1) is 21.1. The summed E-state index contributed by atoms with van der Waals surface area (Å²) < 4.78 is 99.6. The molecule has 2 aromatic rings. The zero-order valence-electron chi connectivity index (χ0n) is 24.6. The van der Waals surface area contributed by atoms with Crippen LogP contribution >= 0.6 is 0 Å². The van der Waals surface area contributed by atoms with E-state index in [1.54, 1.807) is 6.07 Å². The van der Waals surface area contributed by atoms with Crippen LogP contribution in [-0.4, -0.2) is 83.4 Å². The lowest BCUT2D eigenvalue weighted by molar-refractivity contribution is -0.169. The Kier molecular flexibility index (Phi) is 10.3. The number of hydrogen-bond acceptors (Lipinski definition) is 5. The van der Waals surface area contributed by atoms with E-state index in [-0.39, 0.29) is 44.1 Å². The van der Waals surface area contributed by atoms with Gasteiger partial charge < -0.3 is 19.4 Å². The Balaban J connectivity index is 1.58. The van der Waals surface area contributed by atoms with E-state index in [2.05, 4.69) is 0 Å². The molecule has 2 aliphatic heterocycles. The summed E-state index contributed by atoms with van der Waals surface area (Å²) in [5, 5.41) is 0. The summed E-state index contributed by atoms with van der Waals surface area (Å²) in [4.78, 5) is 45.8. The lowest BCUT2D eigenvalue weighted by Crippen LogP contribution is -2.71. The molecule has 2 atom stereocenters. The van der Waals surface area contributed by atoms with Crippen LogP contribution in [0.2, 0.25) is 0 Å². The molecule has 8 nitrogen and oxygen atoms in total.